The van der Waals surface area contributed by atoms with Crippen molar-refractivity contribution >= 4 is 28.1 Å². The molecular formula is C21H21N3O. The van der Waals surface area contributed by atoms with E-state index >= 15 is 0 Å². The molecule has 3 aromatic rings. The fourth-order valence-corrected chi connectivity index (χ4v) is 2.63. The molecule has 0 aliphatic heterocycles. The van der Waals surface area contributed by atoms with Gasteiger partial charge in [0.1, 0.15) is 0 Å². The van der Waals surface area contributed by atoms with Crippen molar-refractivity contribution in [3.05, 3.63) is 78.4 Å². The number of carbonyl (C=O) groups is 1. The first kappa shape index (κ1) is 16.7. The van der Waals surface area contributed by atoms with Gasteiger partial charge in [-0.15, -0.1) is 0 Å². The predicted octanol–water partition coefficient (Wildman–Crippen LogP) is 4.18. The first-order chi connectivity index (χ1) is 12.3. The van der Waals surface area contributed by atoms with Crippen LogP contribution in [-0.2, 0) is 4.79 Å². The largest absolute Gasteiger partial charge is 0.376 e. The average Bonchev–Trinajstić information content (AvgIpc) is 2.67. The van der Waals surface area contributed by atoms with Crippen LogP contribution in [0, 0.1) is 0 Å². The molecule has 4 nitrogen and oxygen atoms in total. The Bertz CT molecular complexity index is 888. The van der Waals surface area contributed by atoms with Crippen LogP contribution >= 0.6 is 0 Å². The van der Waals surface area contributed by atoms with Gasteiger partial charge in [-0.25, -0.2) is 5.43 Å². The Balaban J connectivity index is 1.59. The number of hydrazone groups is 1. The van der Waals surface area contributed by atoms with Crippen LogP contribution in [0.2, 0.25) is 0 Å². The zero-order chi connectivity index (χ0) is 17.5. The second-order valence-corrected chi connectivity index (χ2v) is 5.73. The third-order valence-corrected chi connectivity index (χ3v) is 3.96. The highest BCUT2D eigenvalue weighted by molar-refractivity contribution is 6.01. The fraction of sp³-hybridized carbons (Fsp3) is 0.143. The molecule has 0 unspecified atom stereocenters. The number of nitrogens with zero attached hydrogens (tertiary/aromatic N) is 1. The van der Waals surface area contributed by atoms with Crippen LogP contribution < -0.4 is 10.7 Å². The molecule has 0 aliphatic carbocycles. The Morgan fingerprint density at radius 3 is 2.40 bits per heavy atom. The maximum atomic E-state index is 12.1. The van der Waals surface area contributed by atoms with Crippen LogP contribution in [0.25, 0.3) is 10.8 Å². The number of rotatable bonds is 6. The van der Waals surface area contributed by atoms with Gasteiger partial charge in [-0.2, -0.15) is 5.10 Å². The Morgan fingerprint density at radius 2 is 1.64 bits per heavy atom. The van der Waals surface area contributed by atoms with E-state index in [1.807, 2.05) is 67.6 Å². The summed E-state index contributed by atoms with van der Waals surface area (Å²) >= 11 is 0. The van der Waals surface area contributed by atoms with Crippen LogP contribution in [0.4, 0.5) is 5.69 Å². The molecular weight excluding hydrogens is 310 g/mol. The van der Waals surface area contributed by atoms with Gasteiger partial charge in [-0.05, 0) is 34.9 Å². The molecule has 0 bridgehead atoms. The van der Waals surface area contributed by atoms with E-state index in [2.05, 4.69) is 28.0 Å². The normalized spacial score (nSPS) is 11.3. The SMILES string of the molecule is CC/C(=N\NC(=O)CNc1ccc2ccccc2c1)c1ccccc1. The van der Waals surface area contributed by atoms with Crippen molar-refractivity contribution in [2.24, 2.45) is 5.10 Å². The van der Waals surface area contributed by atoms with E-state index in [4.69, 9.17) is 0 Å². The Labute approximate surface area is 147 Å². The van der Waals surface area contributed by atoms with E-state index in [0.717, 1.165) is 28.8 Å². The lowest BCUT2D eigenvalue weighted by Gasteiger charge is -2.08. The second-order valence-electron chi connectivity index (χ2n) is 5.73. The van der Waals surface area contributed by atoms with E-state index < -0.39 is 0 Å². The minimum absolute atomic E-state index is 0.171. The molecule has 2 N–H and O–H groups in total. The molecule has 0 atom stereocenters. The minimum atomic E-state index is -0.171. The van der Waals surface area contributed by atoms with Crippen LogP contribution in [-0.4, -0.2) is 18.2 Å². The van der Waals surface area contributed by atoms with Gasteiger partial charge in [0.05, 0.1) is 12.3 Å². The third-order valence-electron chi connectivity index (χ3n) is 3.96. The summed E-state index contributed by atoms with van der Waals surface area (Å²) in [5.74, 6) is -0.171. The summed E-state index contributed by atoms with van der Waals surface area (Å²) in [6, 6.07) is 24.0. The van der Waals surface area contributed by atoms with Crippen LogP contribution in [0.15, 0.2) is 77.9 Å². The molecule has 0 radical (unpaired) electrons. The summed E-state index contributed by atoms with van der Waals surface area (Å²) in [5.41, 5.74) is 5.42. The lowest BCUT2D eigenvalue weighted by Crippen LogP contribution is -2.27. The quantitative estimate of drug-likeness (QED) is 0.526. The second kappa shape index (κ2) is 8.11. The summed E-state index contributed by atoms with van der Waals surface area (Å²) in [6.45, 7) is 2.19. The summed E-state index contributed by atoms with van der Waals surface area (Å²) in [6.07, 6.45) is 0.752. The molecule has 0 saturated carbocycles. The summed E-state index contributed by atoms with van der Waals surface area (Å²) in [7, 11) is 0. The number of hydrogen-bond donors (Lipinski definition) is 2. The number of benzene rings is 3. The number of nitrogens with one attached hydrogen (secondary N) is 2. The van der Waals surface area contributed by atoms with Crippen molar-refractivity contribution < 1.29 is 4.79 Å². The van der Waals surface area contributed by atoms with Gasteiger partial charge in [0, 0.05) is 5.69 Å². The van der Waals surface area contributed by atoms with E-state index in [-0.39, 0.29) is 12.5 Å². The van der Waals surface area contributed by atoms with Crippen LogP contribution in [0.1, 0.15) is 18.9 Å². The Hall–Kier alpha value is -3.14. The molecule has 0 aliphatic rings. The fourth-order valence-electron chi connectivity index (χ4n) is 2.63. The highest BCUT2D eigenvalue weighted by Gasteiger charge is 2.04. The molecule has 25 heavy (non-hydrogen) atoms. The van der Waals surface area contributed by atoms with Gasteiger partial charge >= 0.3 is 0 Å². The van der Waals surface area contributed by atoms with Crippen molar-refractivity contribution in [1.82, 2.24) is 5.43 Å². The van der Waals surface area contributed by atoms with Crippen molar-refractivity contribution in [2.75, 3.05) is 11.9 Å². The highest BCUT2D eigenvalue weighted by atomic mass is 16.2. The van der Waals surface area contributed by atoms with Crippen LogP contribution in [0.5, 0.6) is 0 Å². The lowest BCUT2D eigenvalue weighted by atomic mass is 10.1. The van der Waals surface area contributed by atoms with Crippen molar-refractivity contribution in [2.45, 2.75) is 13.3 Å². The number of amides is 1. The van der Waals surface area contributed by atoms with E-state index in [1.165, 1.54) is 5.39 Å². The third kappa shape index (κ3) is 4.44. The first-order valence-electron chi connectivity index (χ1n) is 8.40. The maximum absolute atomic E-state index is 12.1. The maximum Gasteiger partial charge on any atom is 0.259 e. The molecule has 0 aromatic heterocycles. The zero-order valence-electron chi connectivity index (χ0n) is 14.2. The first-order valence-corrected chi connectivity index (χ1v) is 8.40. The van der Waals surface area contributed by atoms with Gasteiger partial charge in [-0.1, -0.05) is 67.6 Å². The number of anilines is 1. The topological polar surface area (TPSA) is 53.5 Å². The van der Waals surface area contributed by atoms with Gasteiger partial charge in [-0.3, -0.25) is 4.79 Å². The summed E-state index contributed by atoms with van der Waals surface area (Å²) < 4.78 is 0. The Morgan fingerprint density at radius 1 is 0.920 bits per heavy atom. The number of carbonyl (C=O) groups excluding carboxylic acids is 1. The lowest BCUT2D eigenvalue weighted by molar-refractivity contribution is -0.119. The predicted molar refractivity (Wildman–Crippen MR) is 104 cm³/mol. The molecule has 0 saturated heterocycles. The molecule has 0 fully saturated rings. The summed E-state index contributed by atoms with van der Waals surface area (Å²) in [4.78, 5) is 12.1. The highest BCUT2D eigenvalue weighted by Crippen LogP contribution is 2.18. The van der Waals surface area contributed by atoms with Crippen molar-refractivity contribution in [3.63, 3.8) is 0 Å². The number of hydrogen-bond acceptors (Lipinski definition) is 3. The zero-order valence-corrected chi connectivity index (χ0v) is 14.2. The number of fused-ring (bicyclic) bond motifs is 1. The average molecular weight is 331 g/mol. The van der Waals surface area contributed by atoms with E-state index in [9.17, 15) is 4.79 Å². The molecule has 3 rings (SSSR count). The minimum Gasteiger partial charge on any atom is -0.376 e. The molecule has 126 valence electrons. The van der Waals surface area contributed by atoms with Gasteiger partial charge in [0.25, 0.3) is 5.91 Å². The molecule has 0 spiro atoms. The van der Waals surface area contributed by atoms with Gasteiger partial charge in [0.2, 0.25) is 0 Å². The smallest absolute Gasteiger partial charge is 0.259 e. The monoisotopic (exact) mass is 331 g/mol. The summed E-state index contributed by atoms with van der Waals surface area (Å²) in [5, 5.41) is 9.71. The van der Waals surface area contributed by atoms with Gasteiger partial charge in [0.15, 0.2) is 0 Å². The van der Waals surface area contributed by atoms with E-state index in [1.54, 1.807) is 0 Å². The Kier molecular flexibility index (Phi) is 5.42. The van der Waals surface area contributed by atoms with Crippen molar-refractivity contribution in [3.8, 4) is 0 Å². The van der Waals surface area contributed by atoms with E-state index in [0.29, 0.717) is 0 Å². The van der Waals surface area contributed by atoms with Crippen molar-refractivity contribution in [1.29, 1.82) is 0 Å². The molecule has 3 aromatic carbocycles. The van der Waals surface area contributed by atoms with Crippen LogP contribution in [0.3, 0.4) is 0 Å². The van der Waals surface area contributed by atoms with Gasteiger partial charge < -0.3 is 5.32 Å². The molecule has 1 amide bonds. The molecule has 4 heteroatoms. The molecule has 0 heterocycles. The standard InChI is InChI=1S/C21H21N3O/c1-2-20(17-9-4-3-5-10-17)23-24-21(25)15-22-19-13-12-16-8-6-7-11-18(16)14-19/h3-14,22H,2,15H2,1H3,(H,24,25)/b23-20+.